The monoisotopic (exact) mass is 507 g/mol. The SMILES string of the molecule is CCC(C)[C@H]1C(=O)N(CCOCc2ccccc2)C[C@H]2N1C(=O)CN(C)N2C(=O)NCc1ccccc1. The van der Waals surface area contributed by atoms with Crippen LogP contribution in [0.2, 0.25) is 0 Å². The number of hydrazine groups is 1. The van der Waals surface area contributed by atoms with Crippen molar-refractivity contribution in [1.82, 2.24) is 25.1 Å². The van der Waals surface area contributed by atoms with E-state index in [1.807, 2.05) is 74.5 Å². The maximum Gasteiger partial charge on any atom is 0.334 e. The van der Waals surface area contributed by atoms with Crippen molar-refractivity contribution < 1.29 is 19.1 Å². The molecule has 2 heterocycles. The molecular weight excluding hydrogens is 470 g/mol. The molecule has 3 atom stereocenters. The molecular formula is C28H37N5O4. The van der Waals surface area contributed by atoms with Gasteiger partial charge in [-0.05, 0) is 17.0 Å². The lowest BCUT2D eigenvalue weighted by Crippen LogP contribution is -2.76. The summed E-state index contributed by atoms with van der Waals surface area (Å²) in [6.45, 7) is 5.86. The van der Waals surface area contributed by atoms with E-state index < -0.39 is 12.2 Å². The van der Waals surface area contributed by atoms with E-state index in [0.717, 1.165) is 17.5 Å². The first-order valence-electron chi connectivity index (χ1n) is 12.9. The molecule has 4 amide bonds. The van der Waals surface area contributed by atoms with Gasteiger partial charge in [0.05, 0.1) is 26.3 Å². The van der Waals surface area contributed by atoms with Gasteiger partial charge in [0.1, 0.15) is 12.2 Å². The number of rotatable bonds is 9. The highest BCUT2D eigenvalue weighted by molar-refractivity contribution is 5.91. The summed E-state index contributed by atoms with van der Waals surface area (Å²) >= 11 is 0. The van der Waals surface area contributed by atoms with Gasteiger partial charge in [-0.1, -0.05) is 80.9 Å². The molecule has 2 aromatic rings. The summed E-state index contributed by atoms with van der Waals surface area (Å²) in [5, 5.41) is 6.22. The van der Waals surface area contributed by atoms with Gasteiger partial charge in [0.2, 0.25) is 11.8 Å². The van der Waals surface area contributed by atoms with Gasteiger partial charge in [0.25, 0.3) is 0 Å². The van der Waals surface area contributed by atoms with E-state index in [0.29, 0.717) is 26.3 Å². The molecule has 0 spiro atoms. The van der Waals surface area contributed by atoms with Crippen molar-refractivity contribution >= 4 is 17.8 Å². The zero-order chi connectivity index (χ0) is 26.4. The third kappa shape index (κ3) is 6.11. The predicted octanol–water partition coefficient (Wildman–Crippen LogP) is 2.69. The molecule has 4 rings (SSSR count). The summed E-state index contributed by atoms with van der Waals surface area (Å²) in [6.07, 6.45) is 0.147. The summed E-state index contributed by atoms with van der Waals surface area (Å²) in [6, 6.07) is 18.6. The molecule has 1 unspecified atom stereocenters. The Morgan fingerprint density at radius 2 is 1.70 bits per heavy atom. The third-order valence-corrected chi connectivity index (χ3v) is 7.17. The highest BCUT2D eigenvalue weighted by Gasteiger charge is 2.51. The summed E-state index contributed by atoms with van der Waals surface area (Å²) < 4.78 is 5.86. The molecule has 0 radical (unpaired) electrons. The van der Waals surface area contributed by atoms with Crippen LogP contribution in [0.1, 0.15) is 31.4 Å². The molecule has 2 saturated heterocycles. The van der Waals surface area contributed by atoms with E-state index in [4.69, 9.17) is 4.74 Å². The van der Waals surface area contributed by atoms with Crippen LogP contribution in [0, 0.1) is 5.92 Å². The molecule has 2 aromatic carbocycles. The minimum atomic E-state index is -0.622. The van der Waals surface area contributed by atoms with Gasteiger partial charge in [-0.2, -0.15) is 0 Å². The fourth-order valence-electron chi connectivity index (χ4n) is 4.99. The first-order valence-corrected chi connectivity index (χ1v) is 12.9. The van der Waals surface area contributed by atoms with Gasteiger partial charge in [-0.25, -0.2) is 14.8 Å². The number of amides is 4. The van der Waals surface area contributed by atoms with Crippen LogP contribution in [0.4, 0.5) is 4.79 Å². The van der Waals surface area contributed by atoms with Crippen LogP contribution in [0.5, 0.6) is 0 Å². The smallest absolute Gasteiger partial charge is 0.334 e. The van der Waals surface area contributed by atoms with Crippen LogP contribution in [-0.4, -0.2) is 83.2 Å². The number of carbonyl (C=O) groups is 3. The first-order chi connectivity index (χ1) is 17.9. The van der Waals surface area contributed by atoms with Crippen LogP contribution >= 0.6 is 0 Å². The minimum absolute atomic E-state index is 0.0374. The van der Waals surface area contributed by atoms with Gasteiger partial charge in [-0.3, -0.25) is 9.59 Å². The van der Waals surface area contributed by atoms with Crippen LogP contribution in [0.15, 0.2) is 60.7 Å². The summed E-state index contributed by atoms with van der Waals surface area (Å²) in [5.74, 6) is -0.278. The summed E-state index contributed by atoms with van der Waals surface area (Å²) in [5.41, 5.74) is 2.05. The third-order valence-electron chi connectivity index (χ3n) is 7.17. The van der Waals surface area contributed by atoms with Gasteiger partial charge in [-0.15, -0.1) is 0 Å². The second-order valence-corrected chi connectivity index (χ2v) is 9.74. The lowest BCUT2D eigenvalue weighted by molar-refractivity contribution is -0.190. The average Bonchev–Trinajstić information content (AvgIpc) is 2.91. The highest BCUT2D eigenvalue weighted by atomic mass is 16.5. The Morgan fingerprint density at radius 1 is 1.05 bits per heavy atom. The number of fused-ring (bicyclic) bond motifs is 1. The molecule has 9 heteroatoms. The Kier molecular flexibility index (Phi) is 8.78. The fourth-order valence-corrected chi connectivity index (χ4v) is 4.99. The topological polar surface area (TPSA) is 85.4 Å². The van der Waals surface area contributed by atoms with E-state index in [1.165, 1.54) is 0 Å². The van der Waals surface area contributed by atoms with Gasteiger partial charge < -0.3 is 19.9 Å². The van der Waals surface area contributed by atoms with Gasteiger partial charge >= 0.3 is 6.03 Å². The standard InChI is InChI=1S/C28H37N5O4/c1-4-21(2)26-27(35)31(15-16-37-20-23-13-9-6-10-14-23)18-24-32(26)25(34)19-30(3)33(24)28(36)29-17-22-11-7-5-8-12-22/h5-14,21,24,26H,4,15-20H2,1-3H3,(H,29,36)/t21?,24-,26-/m0/s1. The van der Waals surface area contributed by atoms with Crippen molar-refractivity contribution in [1.29, 1.82) is 0 Å². The molecule has 0 bridgehead atoms. The number of nitrogens with one attached hydrogen (secondary N) is 1. The quantitative estimate of drug-likeness (QED) is 0.528. The Morgan fingerprint density at radius 3 is 2.35 bits per heavy atom. The normalized spacial score (nSPS) is 21.1. The number of benzene rings is 2. The van der Waals surface area contributed by atoms with Gasteiger partial charge in [0.15, 0.2) is 0 Å². The summed E-state index contributed by atoms with van der Waals surface area (Å²) in [4.78, 5) is 43.6. The largest absolute Gasteiger partial charge is 0.375 e. The van der Waals surface area contributed by atoms with E-state index >= 15 is 0 Å². The van der Waals surface area contributed by atoms with Crippen molar-refractivity contribution in [2.24, 2.45) is 5.92 Å². The molecule has 0 aromatic heterocycles. The highest BCUT2D eigenvalue weighted by Crippen LogP contribution is 2.30. The molecule has 37 heavy (non-hydrogen) atoms. The number of urea groups is 1. The molecule has 9 nitrogen and oxygen atoms in total. The zero-order valence-corrected chi connectivity index (χ0v) is 21.9. The molecule has 0 aliphatic carbocycles. The minimum Gasteiger partial charge on any atom is -0.375 e. The first kappa shape index (κ1) is 26.6. The number of hydrogen-bond acceptors (Lipinski definition) is 5. The maximum atomic E-state index is 13.6. The Bertz CT molecular complexity index is 1070. The fraction of sp³-hybridized carbons (Fsp3) is 0.464. The van der Waals surface area contributed by atoms with Gasteiger partial charge in [0, 0.05) is 20.1 Å². The molecule has 198 valence electrons. The molecule has 2 aliphatic heterocycles. The van der Waals surface area contributed by atoms with E-state index in [1.54, 1.807) is 26.9 Å². The number of likely N-dealkylation sites (N-methyl/N-ethyl adjacent to an activating group) is 1. The van der Waals surface area contributed by atoms with E-state index in [9.17, 15) is 14.4 Å². The van der Waals surface area contributed by atoms with Crippen molar-refractivity contribution in [3.8, 4) is 0 Å². The number of ether oxygens (including phenoxy) is 1. The Labute approximate surface area is 218 Å². The maximum absolute atomic E-state index is 13.6. The van der Waals surface area contributed by atoms with Crippen molar-refractivity contribution in [3.05, 3.63) is 71.8 Å². The number of carbonyl (C=O) groups excluding carboxylic acids is 3. The molecule has 0 saturated carbocycles. The molecule has 2 fully saturated rings. The number of hydrogen-bond donors (Lipinski definition) is 1. The molecule has 1 N–H and O–H groups in total. The molecule has 2 aliphatic rings. The summed E-state index contributed by atoms with van der Waals surface area (Å²) in [7, 11) is 1.74. The van der Waals surface area contributed by atoms with Crippen molar-refractivity contribution in [2.75, 3.05) is 33.3 Å². The average molecular weight is 508 g/mol. The second-order valence-electron chi connectivity index (χ2n) is 9.74. The Hall–Kier alpha value is -3.43. The lowest BCUT2D eigenvalue weighted by atomic mass is 9.92. The van der Waals surface area contributed by atoms with Crippen LogP contribution in [0.3, 0.4) is 0 Å². The van der Waals surface area contributed by atoms with Crippen LogP contribution in [-0.2, 0) is 27.5 Å². The number of piperazine rings is 1. The van der Waals surface area contributed by atoms with Crippen LogP contribution in [0.25, 0.3) is 0 Å². The predicted molar refractivity (Wildman–Crippen MR) is 140 cm³/mol. The zero-order valence-electron chi connectivity index (χ0n) is 21.9. The van der Waals surface area contributed by atoms with Crippen molar-refractivity contribution in [2.45, 2.75) is 45.6 Å². The second kappa shape index (κ2) is 12.2. The van der Waals surface area contributed by atoms with E-state index in [-0.39, 0.29) is 36.9 Å². The Balaban J connectivity index is 1.50. The van der Waals surface area contributed by atoms with E-state index in [2.05, 4.69) is 5.32 Å². The number of nitrogens with zero attached hydrogens (tertiary/aromatic N) is 4. The van der Waals surface area contributed by atoms with Crippen LogP contribution < -0.4 is 5.32 Å². The van der Waals surface area contributed by atoms with Crippen molar-refractivity contribution in [3.63, 3.8) is 0 Å². The lowest BCUT2D eigenvalue weighted by Gasteiger charge is -2.55.